The molecule has 4 aromatic rings. The largest absolute Gasteiger partial charge is 0.489 e. The molecular formula is C31H28N4O2. The predicted octanol–water partition coefficient (Wildman–Crippen LogP) is 6.20. The van der Waals surface area contributed by atoms with Gasteiger partial charge in [0, 0.05) is 17.3 Å². The maximum absolute atomic E-state index is 13.0. The number of aryl methyl sites for hydroxylation is 1. The molecule has 6 heteroatoms. The summed E-state index contributed by atoms with van der Waals surface area (Å²) in [6.45, 7) is 7.96. The number of hydrogen-bond donors (Lipinski definition) is 1. The van der Waals surface area contributed by atoms with Gasteiger partial charge in [0.2, 0.25) is 0 Å². The second-order valence-corrected chi connectivity index (χ2v) is 8.57. The highest BCUT2D eigenvalue weighted by atomic mass is 16.5. The van der Waals surface area contributed by atoms with E-state index in [2.05, 4.69) is 18.0 Å². The first-order valence-electron chi connectivity index (χ1n) is 12.0. The second kappa shape index (κ2) is 11.7. The van der Waals surface area contributed by atoms with E-state index >= 15 is 0 Å². The van der Waals surface area contributed by atoms with Gasteiger partial charge in [-0.05, 0) is 61.4 Å². The average Bonchev–Trinajstić information content (AvgIpc) is 3.35. The molecule has 37 heavy (non-hydrogen) atoms. The summed E-state index contributed by atoms with van der Waals surface area (Å²) in [5.74, 6) is 0.317. The minimum absolute atomic E-state index is 0.000647. The zero-order valence-electron chi connectivity index (χ0n) is 20.9. The van der Waals surface area contributed by atoms with Crippen LogP contribution in [0.15, 0.2) is 103 Å². The number of hydrogen-bond acceptors (Lipinski definition) is 4. The third kappa shape index (κ3) is 6.03. The van der Waals surface area contributed by atoms with Crippen LogP contribution in [0.3, 0.4) is 0 Å². The van der Waals surface area contributed by atoms with E-state index in [9.17, 15) is 10.1 Å². The fourth-order valence-corrected chi connectivity index (χ4v) is 3.94. The fraction of sp³-hybridized carbons (Fsp3) is 0.129. The zero-order valence-corrected chi connectivity index (χ0v) is 20.9. The quantitative estimate of drug-likeness (QED) is 0.173. The van der Waals surface area contributed by atoms with Crippen LogP contribution in [0.4, 0.5) is 0 Å². The molecule has 0 spiro atoms. The lowest BCUT2D eigenvalue weighted by Gasteiger charge is -2.13. The highest BCUT2D eigenvalue weighted by Gasteiger charge is 2.18. The maximum Gasteiger partial charge on any atom is 0.262 e. The molecule has 0 aliphatic rings. The van der Waals surface area contributed by atoms with Crippen molar-refractivity contribution < 1.29 is 9.53 Å². The Morgan fingerprint density at radius 3 is 2.49 bits per heavy atom. The van der Waals surface area contributed by atoms with Gasteiger partial charge in [0.05, 0.1) is 11.7 Å². The van der Waals surface area contributed by atoms with Crippen molar-refractivity contribution in [2.45, 2.75) is 19.9 Å². The van der Waals surface area contributed by atoms with E-state index in [1.807, 2.05) is 98.9 Å². The van der Waals surface area contributed by atoms with Gasteiger partial charge in [0.1, 0.15) is 29.7 Å². The molecule has 1 aromatic heterocycles. The number of nitrogens with zero attached hydrogens (tertiary/aromatic N) is 3. The Bertz CT molecular complexity index is 1460. The molecule has 6 nitrogen and oxygen atoms in total. The lowest BCUT2D eigenvalue weighted by atomic mass is 10.0. The SMILES string of the molecule is C=CCOc1ccc(-c2nn(-c3ccccc3)cc2/C=C(/C#N)C(=O)N[C@H](C)c2ccccc2)cc1C. The zero-order chi connectivity index (χ0) is 26.2. The van der Waals surface area contributed by atoms with Crippen molar-refractivity contribution in [3.8, 4) is 28.8 Å². The van der Waals surface area contributed by atoms with Crippen LogP contribution in [-0.4, -0.2) is 22.3 Å². The number of para-hydroxylation sites is 1. The summed E-state index contributed by atoms with van der Waals surface area (Å²) >= 11 is 0. The summed E-state index contributed by atoms with van der Waals surface area (Å²) in [5, 5.41) is 17.6. The van der Waals surface area contributed by atoms with Crippen LogP contribution in [-0.2, 0) is 4.79 Å². The van der Waals surface area contributed by atoms with E-state index in [4.69, 9.17) is 9.84 Å². The first-order chi connectivity index (χ1) is 18.0. The lowest BCUT2D eigenvalue weighted by molar-refractivity contribution is -0.117. The van der Waals surface area contributed by atoms with Crippen molar-refractivity contribution in [3.63, 3.8) is 0 Å². The number of carbonyl (C=O) groups is 1. The summed E-state index contributed by atoms with van der Waals surface area (Å²) in [5.41, 5.74) is 4.92. The van der Waals surface area contributed by atoms with E-state index in [-0.39, 0.29) is 11.6 Å². The van der Waals surface area contributed by atoms with Crippen LogP contribution in [0.25, 0.3) is 23.0 Å². The molecule has 0 aliphatic carbocycles. The van der Waals surface area contributed by atoms with Crippen LogP contribution in [0.2, 0.25) is 0 Å². The summed E-state index contributed by atoms with van der Waals surface area (Å²) in [7, 11) is 0. The molecule has 1 heterocycles. The first-order valence-corrected chi connectivity index (χ1v) is 12.0. The normalized spacial score (nSPS) is 11.9. The first kappa shape index (κ1) is 25.2. The monoisotopic (exact) mass is 488 g/mol. The van der Waals surface area contributed by atoms with E-state index in [1.165, 1.54) is 0 Å². The van der Waals surface area contributed by atoms with E-state index in [0.717, 1.165) is 28.1 Å². The second-order valence-electron chi connectivity index (χ2n) is 8.57. The molecule has 0 unspecified atom stereocenters. The molecule has 0 fully saturated rings. The Morgan fingerprint density at radius 2 is 1.84 bits per heavy atom. The number of aromatic nitrogens is 2. The minimum atomic E-state index is -0.443. The van der Waals surface area contributed by atoms with Gasteiger partial charge in [-0.3, -0.25) is 4.79 Å². The van der Waals surface area contributed by atoms with Crippen LogP contribution >= 0.6 is 0 Å². The summed E-state index contributed by atoms with van der Waals surface area (Å²) in [6, 6.07) is 26.9. The van der Waals surface area contributed by atoms with Gasteiger partial charge < -0.3 is 10.1 Å². The van der Waals surface area contributed by atoms with Gasteiger partial charge in [-0.1, -0.05) is 61.2 Å². The Morgan fingerprint density at radius 1 is 1.14 bits per heavy atom. The number of nitriles is 1. The van der Waals surface area contributed by atoms with Crippen molar-refractivity contribution in [1.82, 2.24) is 15.1 Å². The number of ether oxygens (including phenoxy) is 1. The summed E-state index contributed by atoms with van der Waals surface area (Å²) in [4.78, 5) is 13.0. The number of amides is 1. The Balaban J connectivity index is 1.72. The Labute approximate surface area is 217 Å². The molecule has 0 radical (unpaired) electrons. The van der Waals surface area contributed by atoms with Gasteiger partial charge in [-0.25, -0.2) is 4.68 Å². The van der Waals surface area contributed by atoms with Crippen molar-refractivity contribution in [2.24, 2.45) is 0 Å². The maximum atomic E-state index is 13.0. The molecule has 0 saturated carbocycles. The van der Waals surface area contributed by atoms with E-state index in [1.54, 1.807) is 16.8 Å². The summed E-state index contributed by atoms with van der Waals surface area (Å²) < 4.78 is 7.46. The standard InChI is InChI=1S/C31H28N4O2/c1-4-17-37-29-16-15-25(18-22(29)2)30-27(21-35(34-30)28-13-9-6-10-14-28)19-26(20-32)31(36)33-23(3)24-11-7-5-8-12-24/h4-16,18-19,21,23H,1,17H2,2-3H3,(H,33,36)/b26-19-/t23-/m1/s1. The number of carbonyl (C=O) groups excluding carboxylic acids is 1. The Kier molecular flexibility index (Phi) is 7.97. The lowest BCUT2D eigenvalue weighted by Crippen LogP contribution is -2.27. The molecule has 1 N–H and O–H groups in total. The smallest absolute Gasteiger partial charge is 0.262 e. The van der Waals surface area contributed by atoms with Crippen molar-refractivity contribution >= 4 is 12.0 Å². The molecule has 1 atom stereocenters. The molecule has 0 saturated heterocycles. The van der Waals surface area contributed by atoms with Crippen LogP contribution in [0.1, 0.15) is 29.7 Å². The summed E-state index contributed by atoms with van der Waals surface area (Å²) in [6.07, 6.45) is 5.12. The molecule has 184 valence electrons. The van der Waals surface area contributed by atoms with Gasteiger partial charge in [-0.15, -0.1) is 0 Å². The van der Waals surface area contributed by atoms with Crippen molar-refractivity contribution in [1.29, 1.82) is 5.26 Å². The van der Waals surface area contributed by atoms with Gasteiger partial charge >= 0.3 is 0 Å². The Hall–Kier alpha value is -4.89. The predicted molar refractivity (Wildman–Crippen MR) is 146 cm³/mol. The number of benzene rings is 3. The average molecular weight is 489 g/mol. The topological polar surface area (TPSA) is 79.9 Å². The highest BCUT2D eigenvalue weighted by molar-refractivity contribution is 6.02. The van der Waals surface area contributed by atoms with Gasteiger partial charge in [-0.2, -0.15) is 10.4 Å². The number of nitrogens with one attached hydrogen (secondary N) is 1. The minimum Gasteiger partial charge on any atom is -0.489 e. The van der Waals surface area contributed by atoms with Crippen LogP contribution in [0, 0.1) is 18.3 Å². The van der Waals surface area contributed by atoms with E-state index < -0.39 is 5.91 Å². The fourth-order valence-electron chi connectivity index (χ4n) is 3.94. The van der Waals surface area contributed by atoms with Crippen LogP contribution in [0.5, 0.6) is 5.75 Å². The van der Waals surface area contributed by atoms with E-state index in [0.29, 0.717) is 17.9 Å². The third-order valence-electron chi connectivity index (χ3n) is 5.88. The third-order valence-corrected chi connectivity index (χ3v) is 5.88. The van der Waals surface area contributed by atoms with Crippen molar-refractivity contribution in [2.75, 3.05) is 6.61 Å². The highest BCUT2D eigenvalue weighted by Crippen LogP contribution is 2.30. The molecular weight excluding hydrogens is 460 g/mol. The molecule has 0 aliphatic heterocycles. The molecule has 0 bridgehead atoms. The van der Waals surface area contributed by atoms with Crippen LogP contribution < -0.4 is 10.1 Å². The van der Waals surface area contributed by atoms with Crippen molar-refractivity contribution in [3.05, 3.63) is 120 Å². The molecule has 1 amide bonds. The molecule has 4 rings (SSSR count). The van der Waals surface area contributed by atoms with Gasteiger partial charge in [0.15, 0.2) is 0 Å². The molecule has 3 aromatic carbocycles. The van der Waals surface area contributed by atoms with Gasteiger partial charge in [0.25, 0.3) is 5.91 Å². The number of rotatable bonds is 9.